The fourth-order valence-electron chi connectivity index (χ4n) is 0.876. The fraction of sp³-hybridized carbons (Fsp3) is 0.375. The van der Waals surface area contributed by atoms with Gasteiger partial charge in [-0.25, -0.2) is 4.79 Å². The summed E-state index contributed by atoms with van der Waals surface area (Å²) in [5.41, 5.74) is 1.16. The van der Waals surface area contributed by atoms with Gasteiger partial charge >= 0.3 is 5.97 Å². The summed E-state index contributed by atoms with van der Waals surface area (Å²) in [5.74, 6) is -0.210. The van der Waals surface area contributed by atoms with E-state index < -0.39 is 0 Å². The van der Waals surface area contributed by atoms with Crippen molar-refractivity contribution in [1.82, 2.24) is 0 Å². The minimum Gasteiger partial charge on any atom is -0.462 e. The van der Waals surface area contributed by atoms with Gasteiger partial charge in [0.25, 0.3) is 0 Å². The predicted molar refractivity (Wildman–Crippen MR) is 53.2 cm³/mol. The molecule has 4 heteroatoms. The van der Waals surface area contributed by atoms with Crippen molar-refractivity contribution in [3.63, 3.8) is 0 Å². The van der Waals surface area contributed by atoms with Crippen LogP contribution in [0.15, 0.2) is 6.07 Å². The zero-order valence-electron chi connectivity index (χ0n) is 7.51. The summed E-state index contributed by atoms with van der Waals surface area (Å²) >= 11 is 1.49. The van der Waals surface area contributed by atoms with Crippen LogP contribution in [0.3, 0.4) is 0 Å². The Morgan fingerprint density at radius 2 is 2.42 bits per heavy atom. The Morgan fingerprint density at radius 1 is 1.75 bits per heavy atom. The van der Waals surface area contributed by atoms with Gasteiger partial charge in [0.05, 0.1) is 6.61 Å². The maximum Gasteiger partial charge on any atom is 0.348 e. The Labute approximate surface area is 77.0 Å². The van der Waals surface area contributed by atoms with Crippen LogP contribution in [0.5, 0.6) is 0 Å². The number of hydrogen-bond donors (Lipinski definition) is 0. The van der Waals surface area contributed by atoms with Crippen LogP contribution in [-0.2, 0) is 4.74 Å². The summed E-state index contributed by atoms with van der Waals surface area (Å²) in [6.45, 7) is 4.25. The van der Waals surface area contributed by atoms with E-state index in [1.165, 1.54) is 16.2 Å². The molecule has 0 aliphatic carbocycles. The molecule has 0 aliphatic rings. The van der Waals surface area contributed by atoms with Crippen LogP contribution in [0.2, 0.25) is 0 Å². The fourth-order valence-corrected chi connectivity index (χ4v) is 1.80. The quantitative estimate of drug-likeness (QED) is 0.491. The first-order chi connectivity index (χ1) is 5.65. The molecular weight excluding hydrogens is 171 g/mol. The number of rotatable bonds is 2. The third-order valence-electron chi connectivity index (χ3n) is 1.64. The van der Waals surface area contributed by atoms with Crippen LogP contribution in [0.4, 0.5) is 0 Å². The first-order valence-electron chi connectivity index (χ1n) is 3.89. The first-order valence-corrected chi connectivity index (χ1v) is 4.71. The van der Waals surface area contributed by atoms with Crippen molar-refractivity contribution in [3.05, 3.63) is 15.8 Å². The number of hydrogen-bond acceptors (Lipinski definition) is 3. The number of aryl methyl sites for hydroxylation is 1. The Balaban J connectivity index is 2.82. The van der Waals surface area contributed by atoms with E-state index in [-0.39, 0.29) is 5.97 Å². The number of carbonyl (C=O) groups is 1. The van der Waals surface area contributed by atoms with Crippen LogP contribution >= 0.6 is 11.3 Å². The largest absolute Gasteiger partial charge is 0.462 e. The number of carbonyl (C=O) groups excluding carboxylic acids is 1. The molecule has 1 heterocycles. The lowest BCUT2D eigenvalue weighted by molar-refractivity contribution is 0.0532. The van der Waals surface area contributed by atoms with Crippen LogP contribution in [0, 0.1) is 6.92 Å². The Morgan fingerprint density at radius 3 is 2.83 bits per heavy atom. The minimum atomic E-state index is -0.210. The molecule has 1 aromatic heterocycles. The maximum atomic E-state index is 11.2. The highest BCUT2D eigenvalue weighted by atomic mass is 32.1. The van der Waals surface area contributed by atoms with Crippen molar-refractivity contribution in [2.75, 3.05) is 6.61 Å². The molecule has 0 aromatic carbocycles. The van der Waals surface area contributed by atoms with Crippen molar-refractivity contribution in [1.29, 1.82) is 0 Å². The van der Waals surface area contributed by atoms with Gasteiger partial charge in [-0.1, -0.05) is 5.46 Å². The number of ether oxygens (including phenoxy) is 1. The Bertz CT molecular complexity index is 274. The topological polar surface area (TPSA) is 26.3 Å². The van der Waals surface area contributed by atoms with Gasteiger partial charge in [0.2, 0.25) is 0 Å². The van der Waals surface area contributed by atoms with E-state index in [0.29, 0.717) is 11.5 Å². The van der Waals surface area contributed by atoms with Crippen molar-refractivity contribution in [2.45, 2.75) is 13.8 Å². The van der Waals surface area contributed by atoms with E-state index in [1.54, 1.807) is 0 Å². The number of thiophene rings is 1. The second-order valence-electron chi connectivity index (χ2n) is 2.57. The van der Waals surface area contributed by atoms with E-state index in [9.17, 15) is 4.79 Å². The van der Waals surface area contributed by atoms with Crippen LogP contribution in [0.1, 0.15) is 21.5 Å². The number of esters is 1. The zero-order chi connectivity index (χ0) is 9.14. The summed E-state index contributed by atoms with van der Waals surface area (Å²) < 4.78 is 4.87. The van der Waals surface area contributed by atoms with Gasteiger partial charge in [-0.05, 0) is 24.8 Å². The molecule has 0 bridgehead atoms. The normalized spacial score (nSPS) is 9.83. The lowest BCUT2D eigenvalue weighted by atomic mass is 9.97. The van der Waals surface area contributed by atoms with Crippen molar-refractivity contribution in [3.8, 4) is 0 Å². The third-order valence-corrected chi connectivity index (χ3v) is 2.78. The maximum absolute atomic E-state index is 11.2. The summed E-state index contributed by atoms with van der Waals surface area (Å²) in [6.07, 6.45) is 0. The standard InChI is InChI=1S/C8H11BO2S/c1-3-11-8(10)7-4-6(9)5(2)12-7/h4H,3,9H2,1-2H3. The summed E-state index contributed by atoms with van der Waals surface area (Å²) in [7, 11) is 1.99. The van der Waals surface area contributed by atoms with Gasteiger partial charge in [0.1, 0.15) is 12.7 Å². The highest BCUT2D eigenvalue weighted by Gasteiger charge is 2.10. The zero-order valence-corrected chi connectivity index (χ0v) is 8.33. The molecule has 1 rings (SSSR count). The molecule has 0 unspecified atom stereocenters. The molecule has 0 fully saturated rings. The van der Waals surface area contributed by atoms with E-state index in [1.807, 2.05) is 27.8 Å². The molecule has 0 aliphatic heterocycles. The van der Waals surface area contributed by atoms with Gasteiger partial charge in [0, 0.05) is 0 Å². The highest BCUT2D eigenvalue weighted by Crippen LogP contribution is 2.13. The van der Waals surface area contributed by atoms with Gasteiger partial charge in [-0.2, -0.15) is 0 Å². The first kappa shape index (κ1) is 9.32. The summed E-state index contributed by atoms with van der Waals surface area (Å²) in [6, 6.07) is 1.87. The van der Waals surface area contributed by atoms with Gasteiger partial charge in [-0.15, -0.1) is 11.3 Å². The van der Waals surface area contributed by atoms with Crippen molar-refractivity contribution >= 4 is 30.6 Å². The lowest BCUT2D eigenvalue weighted by Crippen LogP contribution is -2.04. The molecule has 0 saturated carbocycles. The molecule has 0 saturated heterocycles. The van der Waals surface area contributed by atoms with Crippen molar-refractivity contribution in [2.24, 2.45) is 0 Å². The molecule has 0 N–H and O–H groups in total. The molecule has 1 aromatic rings. The van der Waals surface area contributed by atoms with E-state index in [4.69, 9.17) is 4.74 Å². The van der Waals surface area contributed by atoms with Gasteiger partial charge < -0.3 is 4.74 Å². The SMILES string of the molecule is Bc1cc(C(=O)OCC)sc1C. The molecule has 12 heavy (non-hydrogen) atoms. The lowest BCUT2D eigenvalue weighted by Gasteiger charge is -1.96. The van der Waals surface area contributed by atoms with Crippen LogP contribution in [0.25, 0.3) is 0 Å². The predicted octanol–water partition coefficient (Wildman–Crippen LogP) is 0.492. The highest BCUT2D eigenvalue weighted by molar-refractivity contribution is 7.14. The van der Waals surface area contributed by atoms with Crippen LogP contribution < -0.4 is 5.46 Å². The van der Waals surface area contributed by atoms with Crippen molar-refractivity contribution < 1.29 is 9.53 Å². The van der Waals surface area contributed by atoms with Gasteiger partial charge in [0.15, 0.2) is 0 Å². The second kappa shape index (κ2) is 3.76. The average molecular weight is 182 g/mol. The summed E-state index contributed by atoms with van der Waals surface area (Å²) in [4.78, 5) is 13.1. The average Bonchev–Trinajstić information content (AvgIpc) is 2.33. The van der Waals surface area contributed by atoms with E-state index >= 15 is 0 Å². The molecular formula is C8H11BO2S. The summed E-state index contributed by atoms with van der Waals surface area (Å²) in [5, 5.41) is 0. The third kappa shape index (κ3) is 1.88. The molecule has 2 nitrogen and oxygen atoms in total. The molecule has 0 atom stereocenters. The van der Waals surface area contributed by atoms with Crippen LogP contribution in [-0.4, -0.2) is 20.4 Å². The smallest absolute Gasteiger partial charge is 0.348 e. The second-order valence-corrected chi connectivity index (χ2v) is 3.83. The molecule has 64 valence electrons. The minimum absolute atomic E-state index is 0.210. The molecule has 0 spiro atoms. The molecule has 0 radical (unpaired) electrons. The monoisotopic (exact) mass is 182 g/mol. The van der Waals surface area contributed by atoms with Gasteiger partial charge in [-0.3, -0.25) is 0 Å². The van der Waals surface area contributed by atoms with E-state index in [0.717, 1.165) is 5.46 Å². The van der Waals surface area contributed by atoms with E-state index in [2.05, 4.69) is 0 Å². The Kier molecular flexibility index (Phi) is 2.92. The Hall–Kier alpha value is -0.765. The molecule has 0 amide bonds.